The molecule has 4 heteroatoms. The SMILES string of the molecule is CC1(C)CCCC(NC(=O)c2cc(Cl)ccc2O)C1. The van der Waals surface area contributed by atoms with E-state index in [4.69, 9.17) is 11.6 Å². The first-order chi connectivity index (χ1) is 8.87. The fourth-order valence-electron chi connectivity index (χ4n) is 2.77. The van der Waals surface area contributed by atoms with E-state index in [0.29, 0.717) is 5.02 Å². The molecule has 0 bridgehead atoms. The van der Waals surface area contributed by atoms with Crippen LogP contribution in [0.2, 0.25) is 5.02 Å². The molecule has 1 aliphatic carbocycles. The maximum absolute atomic E-state index is 12.2. The number of benzene rings is 1. The average Bonchev–Trinajstić information content (AvgIpc) is 2.31. The first-order valence-electron chi connectivity index (χ1n) is 6.67. The van der Waals surface area contributed by atoms with Gasteiger partial charge in [-0.1, -0.05) is 31.9 Å². The largest absolute Gasteiger partial charge is 0.507 e. The van der Waals surface area contributed by atoms with Crippen molar-refractivity contribution in [3.05, 3.63) is 28.8 Å². The monoisotopic (exact) mass is 281 g/mol. The molecule has 1 unspecified atom stereocenters. The molecule has 1 atom stereocenters. The van der Waals surface area contributed by atoms with E-state index < -0.39 is 0 Å². The summed E-state index contributed by atoms with van der Waals surface area (Å²) in [6.45, 7) is 4.45. The zero-order valence-electron chi connectivity index (χ0n) is 11.4. The molecular formula is C15H20ClNO2. The van der Waals surface area contributed by atoms with Gasteiger partial charge in [0.1, 0.15) is 5.75 Å². The molecule has 1 aromatic rings. The molecule has 1 saturated carbocycles. The number of phenolic OH excluding ortho intramolecular Hbond substituents is 1. The maximum atomic E-state index is 12.2. The van der Waals surface area contributed by atoms with Gasteiger partial charge in [0.25, 0.3) is 5.91 Å². The molecule has 1 aromatic carbocycles. The second-order valence-corrected chi connectivity index (χ2v) is 6.53. The number of phenols is 1. The van der Waals surface area contributed by atoms with E-state index in [1.165, 1.54) is 18.6 Å². The van der Waals surface area contributed by atoms with Gasteiger partial charge in [-0.3, -0.25) is 4.79 Å². The van der Waals surface area contributed by atoms with Gasteiger partial charge in [-0.2, -0.15) is 0 Å². The molecule has 1 aliphatic rings. The van der Waals surface area contributed by atoms with Gasteiger partial charge >= 0.3 is 0 Å². The minimum atomic E-state index is -0.247. The van der Waals surface area contributed by atoms with E-state index in [1.807, 2.05) is 0 Å². The number of amides is 1. The molecule has 0 aromatic heterocycles. The molecular weight excluding hydrogens is 262 g/mol. The highest BCUT2D eigenvalue weighted by Crippen LogP contribution is 2.35. The van der Waals surface area contributed by atoms with Crippen molar-refractivity contribution in [2.75, 3.05) is 0 Å². The fourth-order valence-corrected chi connectivity index (χ4v) is 2.95. The minimum Gasteiger partial charge on any atom is -0.507 e. The first-order valence-corrected chi connectivity index (χ1v) is 7.04. The lowest BCUT2D eigenvalue weighted by Gasteiger charge is -2.35. The molecule has 2 N–H and O–H groups in total. The molecule has 0 heterocycles. The molecule has 3 nitrogen and oxygen atoms in total. The van der Waals surface area contributed by atoms with Gasteiger partial charge in [0.05, 0.1) is 5.56 Å². The van der Waals surface area contributed by atoms with Crippen LogP contribution in [0.4, 0.5) is 0 Å². The summed E-state index contributed by atoms with van der Waals surface area (Å²) in [5, 5.41) is 13.2. The van der Waals surface area contributed by atoms with Crippen molar-refractivity contribution < 1.29 is 9.90 Å². The number of carbonyl (C=O) groups is 1. The van der Waals surface area contributed by atoms with Crippen LogP contribution >= 0.6 is 11.6 Å². The number of rotatable bonds is 2. The second kappa shape index (κ2) is 5.41. The average molecular weight is 282 g/mol. The highest BCUT2D eigenvalue weighted by Gasteiger charge is 2.29. The summed E-state index contributed by atoms with van der Waals surface area (Å²) in [6, 6.07) is 4.69. The predicted molar refractivity (Wildman–Crippen MR) is 76.6 cm³/mol. The lowest BCUT2D eigenvalue weighted by molar-refractivity contribution is 0.0900. The van der Waals surface area contributed by atoms with Crippen molar-refractivity contribution in [3.63, 3.8) is 0 Å². The van der Waals surface area contributed by atoms with Crippen LogP contribution in [-0.4, -0.2) is 17.1 Å². The number of nitrogens with one attached hydrogen (secondary N) is 1. The summed E-state index contributed by atoms with van der Waals surface area (Å²) < 4.78 is 0. The lowest BCUT2D eigenvalue weighted by Crippen LogP contribution is -2.40. The normalized spacial score (nSPS) is 21.9. The third kappa shape index (κ3) is 3.63. The van der Waals surface area contributed by atoms with Crippen LogP contribution in [0.3, 0.4) is 0 Å². The van der Waals surface area contributed by atoms with Crippen LogP contribution in [0.1, 0.15) is 49.9 Å². The molecule has 1 amide bonds. The summed E-state index contributed by atoms with van der Waals surface area (Å²) in [5.41, 5.74) is 0.517. The number of halogens is 1. The fraction of sp³-hybridized carbons (Fsp3) is 0.533. The number of carbonyl (C=O) groups excluding carboxylic acids is 1. The topological polar surface area (TPSA) is 49.3 Å². The smallest absolute Gasteiger partial charge is 0.255 e. The molecule has 1 fully saturated rings. The standard InChI is InChI=1S/C15H20ClNO2/c1-15(2)7-3-4-11(9-15)17-14(19)12-8-10(16)5-6-13(12)18/h5-6,8,11,18H,3-4,7,9H2,1-2H3,(H,17,19). The molecule has 2 rings (SSSR count). The Hall–Kier alpha value is -1.22. The molecule has 0 saturated heterocycles. The maximum Gasteiger partial charge on any atom is 0.255 e. The highest BCUT2D eigenvalue weighted by molar-refractivity contribution is 6.31. The summed E-state index contributed by atoms with van der Waals surface area (Å²) in [7, 11) is 0. The van der Waals surface area contributed by atoms with E-state index in [-0.39, 0.29) is 28.7 Å². The van der Waals surface area contributed by atoms with Crippen LogP contribution in [-0.2, 0) is 0 Å². The van der Waals surface area contributed by atoms with Gasteiger partial charge in [0, 0.05) is 11.1 Å². The Bertz CT molecular complexity index is 485. The van der Waals surface area contributed by atoms with Crippen molar-refractivity contribution in [2.24, 2.45) is 5.41 Å². The molecule has 0 radical (unpaired) electrons. The Morgan fingerprint density at radius 3 is 2.89 bits per heavy atom. The summed E-state index contributed by atoms with van der Waals surface area (Å²) in [4.78, 5) is 12.2. The number of hydrogen-bond acceptors (Lipinski definition) is 2. The van der Waals surface area contributed by atoms with E-state index in [2.05, 4.69) is 19.2 Å². The van der Waals surface area contributed by atoms with Crippen molar-refractivity contribution in [3.8, 4) is 5.75 Å². The third-order valence-corrected chi connectivity index (χ3v) is 3.98. The van der Waals surface area contributed by atoms with Crippen LogP contribution in [0, 0.1) is 5.41 Å². The van der Waals surface area contributed by atoms with Gasteiger partial charge in [-0.15, -0.1) is 0 Å². The van der Waals surface area contributed by atoms with E-state index in [0.717, 1.165) is 19.3 Å². The predicted octanol–water partition coefficient (Wildman–Crippen LogP) is 3.74. The second-order valence-electron chi connectivity index (χ2n) is 6.09. The first kappa shape index (κ1) is 14.2. The Morgan fingerprint density at radius 2 is 2.21 bits per heavy atom. The quantitative estimate of drug-likeness (QED) is 0.867. The molecule has 19 heavy (non-hydrogen) atoms. The van der Waals surface area contributed by atoms with Gasteiger partial charge < -0.3 is 10.4 Å². The molecule has 104 valence electrons. The Balaban J connectivity index is 2.06. The van der Waals surface area contributed by atoms with Crippen LogP contribution in [0.15, 0.2) is 18.2 Å². The lowest BCUT2D eigenvalue weighted by atomic mass is 9.75. The van der Waals surface area contributed by atoms with Gasteiger partial charge in [-0.25, -0.2) is 0 Å². The molecule has 0 aliphatic heterocycles. The Labute approximate surface area is 119 Å². The van der Waals surface area contributed by atoms with E-state index >= 15 is 0 Å². The number of hydrogen-bond donors (Lipinski definition) is 2. The van der Waals surface area contributed by atoms with Gasteiger partial charge in [-0.05, 0) is 42.9 Å². The van der Waals surface area contributed by atoms with Crippen molar-refractivity contribution in [1.29, 1.82) is 0 Å². The zero-order chi connectivity index (χ0) is 14.0. The van der Waals surface area contributed by atoms with Gasteiger partial charge in [0.15, 0.2) is 0 Å². The third-order valence-electron chi connectivity index (χ3n) is 3.74. The van der Waals surface area contributed by atoms with Crippen LogP contribution in [0.5, 0.6) is 5.75 Å². The van der Waals surface area contributed by atoms with Crippen LogP contribution in [0.25, 0.3) is 0 Å². The van der Waals surface area contributed by atoms with Crippen molar-refractivity contribution >= 4 is 17.5 Å². The summed E-state index contributed by atoms with van der Waals surface area (Å²) in [5.74, 6) is -0.278. The summed E-state index contributed by atoms with van der Waals surface area (Å²) in [6.07, 6.45) is 4.29. The van der Waals surface area contributed by atoms with Crippen LogP contribution < -0.4 is 5.32 Å². The van der Waals surface area contributed by atoms with E-state index in [1.54, 1.807) is 6.07 Å². The Morgan fingerprint density at radius 1 is 1.47 bits per heavy atom. The summed E-state index contributed by atoms with van der Waals surface area (Å²) >= 11 is 5.86. The van der Waals surface area contributed by atoms with E-state index in [9.17, 15) is 9.90 Å². The van der Waals surface area contributed by atoms with Crippen molar-refractivity contribution in [2.45, 2.75) is 45.6 Å². The number of aromatic hydroxyl groups is 1. The minimum absolute atomic E-state index is 0.0306. The Kier molecular flexibility index (Phi) is 4.04. The molecule has 0 spiro atoms. The zero-order valence-corrected chi connectivity index (χ0v) is 12.1. The highest BCUT2D eigenvalue weighted by atomic mass is 35.5. The van der Waals surface area contributed by atoms with Crippen molar-refractivity contribution in [1.82, 2.24) is 5.32 Å². The van der Waals surface area contributed by atoms with Gasteiger partial charge in [0.2, 0.25) is 0 Å².